The minimum atomic E-state index is -0.681. The fourth-order valence-electron chi connectivity index (χ4n) is 3.41. The van der Waals surface area contributed by atoms with Crippen molar-refractivity contribution >= 4 is 23.4 Å². The summed E-state index contributed by atoms with van der Waals surface area (Å²) in [5, 5.41) is 2.78. The molecule has 3 rings (SSSR count). The van der Waals surface area contributed by atoms with E-state index in [0.29, 0.717) is 30.6 Å². The van der Waals surface area contributed by atoms with Crippen LogP contribution in [0.1, 0.15) is 40.5 Å². The summed E-state index contributed by atoms with van der Waals surface area (Å²) in [5.41, 5.74) is 0.938. The average molecular weight is 397 g/mol. The van der Waals surface area contributed by atoms with Gasteiger partial charge in [0.1, 0.15) is 11.9 Å². The first-order valence-electron chi connectivity index (χ1n) is 9.65. The van der Waals surface area contributed by atoms with Crippen molar-refractivity contribution in [3.05, 3.63) is 65.5 Å². The smallest absolute Gasteiger partial charge is 0.254 e. The molecule has 1 aliphatic heterocycles. The van der Waals surface area contributed by atoms with Crippen molar-refractivity contribution in [3.63, 3.8) is 0 Å². The molecule has 2 aromatic carbocycles. The van der Waals surface area contributed by atoms with Gasteiger partial charge in [-0.15, -0.1) is 0 Å². The maximum atomic E-state index is 14.1. The molecule has 152 valence electrons. The van der Waals surface area contributed by atoms with Crippen molar-refractivity contribution in [2.24, 2.45) is 0 Å². The molecule has 2 aromatic rings. The summed E-state index contributed by atoms with van der Waals surface area (Å²) < 4.78 is 14.1. The Morgan fingerprint density at radius 2 is 1.90 bits per heavy atom. The van der Waals surface area contributed by atoms with Crippen LogP contribution >= 0.6 is 0 Å². The van der Waals surface area contributed by atoms with Gasteiger partial charge in [0.15, 0.2) is 0 Å². The molecule has 1 aliphatic rings. The van der Waals surface area contributed by atoms with Crippen LogP contribution in [0.25, 0.3) is 0 Å². The molecule has 1 heterocycles. The number of nitrogens with zero attached hydrogens (tertiary/aromatic N) is 2. The fourth-order valence-corrected chi connectivity index (χ4v) is 3.41. The summed E-state index contributed by atoms with van der Waals surface area (Å²) in [7, 11) is 1.56. The number of hydrogen-bond donors (Lipinski definition) is 1. The summed E-state index contributed by atoms with van der Waals surface area (Å²) in [6, 6.07) is 11.8. The van der Waals surface area contributed by atoms with E-state index in [1.807, 2.05) is 6.92 Å². The number of hydrogen-bond acceptors (Lipinski definition) is 3. The largest absolute Gasteiger partial charge is 0.352 e. The lowest BCUT2D eigenvalue weighted by atomic mass is 10.1. The molecule has 7 heteroatoms. The second-order valence-corrected chi connectivity index (χ2v) is 7.00. The van der Waals surface area contributed by atoms with Gasteiger partial charge in [-0.1, -0.05) is 25.1 Å². The molecule has 6 nitrogen and oxygen atoms in total. The van der Waals surface area contributed by atoms with Gasteiger partial charge in [-0.25, -0.2) is 4.39 Å². The van der Waals surface area contributed by atoms with Crippen LogP contribution in [-0.2, 0) is 4.79 Å². The van der Waals surface area contributed by atoms with E-state index in [2.05, 4.69) is 5.32 Å². The van der Waals surface area contributed by atoms with Gasteiger partial charge in [0, 0.05) is 31.3 Å². The Morgan fingerprint density at radius 3 is 2.62 bits per heavy atom. The van der Waals surface area contributed by atoms with E-state index < -0.39 is 11.9 Å². The van der Waals surface area contributed by atoms with Crippen molar-refractivity contribution in [1.29, 1.82) is 0 Å². The topological polar surface area (TPSA) is 69.7 Å². The quantitative estimate of drug-likeness (QED) is 0.815. The predicted octanol–water partition coefficient (Wildman–Crippen LogP) is 2.84. The van der Waals surface area contributed by atoms with Crippen molar-refractivity contribution in [2.45, 2.75) is 25.8 Å². The normalized spacial score (nSPS) is 16.0. The molecule has 0 spiro atoms. The molecule has 0 radical (unpaired) electrons. The van der Waals surface area contributed by atoms with E-state index >= 15 is 0 Å². The number of anilines is 1. The average Bonchev–Trinajstić information content (AvgIpc) is 3.12. The molecule has 1 saturated heterocycles. The van der Waals surface area contributed by atoms with Crippen LogP contribution in [0.4, 0.5) is 10.1 Å². The number of nitrogens with one attached hydrogen (secondary N) is 1. The zero-order valence-electron chi connectivity index (χ0n) is 16.5. The third kappa shape index (κ3) is 4.29. The Bertz CT molecular complexity index is 931. The van der Waals surface area contributed by atoms with Gasteiger partial charge >= 0.3 is 0 Å². The SMILES string of the molecule is CCCNC(=O)c1cccc(C(=O)N(C)C2CCN(c3ccccc3F)C2=O)c1. The highest BCUT2D eigenvalue weighted by molar-refractivity contribution is 6.04. The first kappa shape index (κ1) is 20.5. The van der Waals surface area contributed by atoms with E-state index in [0.717, 1.165) is 6.42 Å². The fraction of sp³-hybridized carbons (Fsp3) is 0.318. The zero-order chi connectivity index (χ0) is 21.0. The molecule has 1 N–H and O–H groups in total. The summed E-state index contributed by atoms with van der Waals surface area (Å²) >= 11 is 0. The highest BCUT2D eigenvalue weighted by Crippen LogP contribution is 2.27. The molecule has 3 amide bonds. The van der Waals surface area contributed by atoms with E-state index in [1.54, 1.807) is 43.4 Å². The molecular weight excluding hydrogens is 373 g/mol. The summed E-state index contributed by atoms with van der Waals surface area (Å²) in [6.07, 6.45) is 1.22. The second kappa shape index (κ2) is 8.86. The van der Waals surface area contributed by atoms with Crippen molar-refractivity contribution in [1.82, 2.24) is 10.2 Å². The standard InChI is InChI=1S/C22H24FN3O3/c1-3-12-24-20(27)15-7-6-8-16(14-15)21(28)25(2)19-11-13-26(22(19)29)18-10-5-4-9-17(18)23/h4-10,14,19H,3,11-13H2,1-2H3,(H,24,27). The molecule has 0 bridgehead atoms. The number of benzene rings is 2. The summed E-state index contributed by atoms with van der Waals surface area (Å²) in [6.45, 7) is 2.85. The number of carbonyl (C=O) groups is 3. The molecular formula is C22H24FN3O3. The lowest BCUT2D eigenvalue weighted by Crippen LogP contribution is -2.43. The molecule has 29 heavy (non-hydrogen) atoms. The van der Waals surface area contributed by atoms with Gasteiger partial charge in [-0.2, -0.15) is 0 Å². The highest BCUT2D eigenvalue weighted by atomic mass is 19.1. The van der Waals surface area contributed by atoms with Crippen LogP contribution in [0.5, 0.6) is 0 Å². The monoisotopic (exact) mass is 397 g/mol. The van der Waals surface area contributed by atoms with Gasteiger partial charge in [0.05, 0.1) is 5.69 Å². The molecule has 1 fully saturated rings. The van der Waals surface area contributed by atoms with Crippen LogP contribution < -0.4 is 10.2 Å². The number of halogens is 1. The lowest BCUT2D eigenvalue weighted by molar-refractivity contribution is -0.120. The number of carbonyl (C=O) groups excluding carboxylic acids is 3. The van der Waals surface area contributed by atoms with Crippen LogP contribution in [0.3, 0.4) is 0 Å². The molecule has 0 saturated carbocycles. The van der Waals surface area contributed by atoms with Gasteiger partial charge < -0.3 is 15.1 Å². The Morgan fingerprint density at radius 1 is 1.17 bits per heavy atom. The Balaban J connectivity index is 1.75. The molecule has 1 unspecified atom stereocenters. The van der Waals surface area contributed by atoms with Crippen LogP contribution in [-0.4, -0.2) is 48.8 Å². The van der Waals surface area contributed by atoms with Crippen LogP contribution in [0.2, 0.25) is 0 Å². The maximum absolute atomic E-state index is 14.1. The summed E-state index contributed by atoms with van der Waals surface area (Å²) in [5.74, 6) is -1.39. The second-order valence-electron chi connectivity index (χ2n) is 7.00. The number of para-hydroxylation sites is 1. The van der Waals surface area contributed by atoms with Crippen molar-refractivity contribution in [2.75, 3.05) is 25.0 Å². The Labute approximate surface area is 169 Å². The molecule has 0 aromatic heterocycles. The number of rotatable bonds is 6. The molecule has 1 atom stereocenters. The van der Waals surface area contributed by atoms with Crippen LogP contribution in [0.15, 0.2) is 48.5 Å². The number of amides is 3. The first-order chi connectivity index (χ1) is 13.9. The van der Waals surface area contributed by atoms with Gasteiger partial charge in [0.25, 0.3) is 11.8 Å². The minimum absolute atomic E-state index is 0.218. The molecule has 0 aliphatic carbocycles. The van der Waals surface area contributed by atoms with E-state index in [1.165, 1.54) is 21.9 Å². The van der Waals surface area contributed by atoms with E-state index in [9.17, 15) is 18.8 Å². The first-order valence-corrected chi connectivity index (χ1v) is 9.65. The third-order valence-corrected chi connectivity index (χ3v) is 5.02. The van der Waals surface area contributed by atoms with Crippen molar-refractivity contribution in [3.8, 4) is 0 Å². The summed E-state index contributed by atoms with van der Waals surface area (Å²) in [4.78, 5) is 40.7. The lowest BCUT2D eigenvalue weighted by Gasteiger charge is -2.24. The van der Waals surface area contributed by atoms with E-state index in [4.69, 9.17) is 0 Å². The predicted molar refractivity (Wildman–Crippen MR) is 108 cm³/mol. The Kier molecular flexibility index (Phi) is 6.26. The highest BCUT2D eigenvalue weighted by Gasteiger charge is 2.38. The van der Waals surface area contributed by atoms with E-state index in [-0.39, 0.29) is 23.4 Å². The van der Waals surface area contributed by atoms with Crippen molar-refractivity contribution < 1.29 is 18.8 Å². The zero-order valence-corrected chi connectivity index (χ0v) is 16.5. The minimum Gasteiger partial charge on any atom is -0.352 e. The van der Waals surface area contributed by atoms with Gasteiger partial charge in [-0.3, -0.25) is 14.4 Å². The van der Waals surface area contributed by atoms with Gasteiger partial charge in [0.2, 0.25) is 5.91 Å². The Hall–Kier alpha value is -3.22. The maximum Gasteiger partial charge on any atom is 0.254 e. The third-order valence-electron chi connectivity index (χ3n) is 5.02. The van der Waals surface area contributed by atoms with Gasteiger partial charge in [-0.05, 0) is 43.2 Å². The van der Waals surface area contributed by atoms with Crippen LogP contribution in [0, 0.1) is 5.82 Å². The number of likely N-dealkylation sites (N-methyl/N-ethyl adjacent to an activating group) is 1.